The fourth-order valence-corrected chi connectivity index (χ4v) is 3.46. The van der Waals surface area contributed by atoms with Crippen LogP contribution < -0.4 is 20.1 Å². The number of aromatic nitrogens is 4. The quantitative estimate of drug-likeness (QED) is 0.692. The zero-order valence-corrected chi connectivity index (χ0v) is 16.6. The molecule has 29 heavy (non-hydrogen) atoms. The first kappa shape index (κ1) is 18.8. The summed E-state index contributed by atoms with van der Waals surface area (Å²) in [4.78, 5) is 25.6. The van der Waals surface area contributed by atoms with E-state index >= 15 is 0 Å². The lowest BCUT2D eigenvalue weighted by atomic mass is 10.2. The SMILES string of the molecule is COc1cc2nc(N3CCN(C(=O)c4ccnn4C)CC3)nc(N)c2cc1OC. The first-order valence-electron chi connectivity index (χ1n) is 9.23. The van der Waals surface area contributed by atoms with E-state index in [1.807, 2.05) is 9.80 Å². The van der Waals surface area contributed by atoms with E-state index in [-0.39, 0.29) is 5.91 Å². The number of aryl methyl sites for hydroxylation is 1. The van der Waals surface area contributed by atoms with E-state index in [0.29, 0.717) is 66.0 Å². The van der Waals surface area contributed by atoms with Gasteiger partial charge in [0, 0.05) is 50.9 Å². The third kappa shape index (κ3) is 3.37. The van der Waals surface area contributed by atoms with Crippen LogP contribution in [0.1, 0.15) is 10.5 Å². The van der Waals surface area contributed by atoms with Crippen LogP contribution in [-0.4, -0.2) is 71.0 Å². The Morgan fingerprint density at radius 2 is 1.76 bits per heavy atom. The summed E-state index contributed by atoms with van der Waals surface area (Å²) < 4.78 is 12.3. The molecule has 10 heteroatoms. The van der Waals surface area contributed by atoms with Gasteiger partial charge >= 0.3 is 0 Å². The minimum absolute atomic E-state index is 0.0274. The summed E-state index contributed by atoms with van der Waals surface area (Å²) >= 11 is 0. The molecule has 0 unspecified atom stereocenters. The number of hydrogen-bond acceptors (Lipinski definition) is 8. The van der Waals surface area contributed by atoms with E-state index in [1.165, 1.54) is 0 Å². The van der Waals surface area contributed by atoms with E-state index in [1.54, 1.807) is 50.3 Å². The maximum atomic E-state index is 12.7. The highest BCUT2D eigenvalue weighted by atomic mass is 16.5. The second-order valence-electron chi connectivity index (χ2n) is 6.75. The molecule has 2 aromatic heterocycles. The number of hydrogen-bond donors (Lipinski definition) is 1. The van der Waals surface area contributed by atoms with Gasteiger partial charge < -0.3 is 25.0 Å². The number of benzene rings is 1. The van der Waals surface area contributed by atoms with Crippen molar-refractivity contribution in [1.29, 1.82) is 0 Å². The summed E-state index contributed by atoms with van der Waals surface area (Å²) in [5, 5.41) is 4.77. The first-order valence-corrected chi connectivity index (χ1v) is 9.23. The Kier molecular flexibility index (Phi) is 4.83. The molecule has 1 amide bonds. The summed E-state index contributed by atoms with van der Waals surface area (Å²) in [5.41, 5.74) is 7.44. The molecule has 152 valence electrons. The number of carbonyl (C=O) groups is 1. The Bertz CT molecular complexity index is 1060. The van der Waals surface area contributed by atoms with Gasteiger partial charge in [-0.15, -0.1) is 0 Å². The molecule has 1 aliphatic rings. The van der Waals surface area contributed by atoms with Gasteiger partial charge in [-0.2, -0.15) is 10.1 Å². The molecule has 3 heterocycles. The number of anilines is 2. The van der Waals surface area contributed by atoms with Gasteiger partial charge in [-0.1, -0.05) is 0 Å². The zero-order valence-electron chi connectivity index (χ0n) is 16.6. The molecule has 10 nitrogen and oxygen atoms in total. The molecule has 0 spiro atoms. The second-order valence-corrected chi connectivity index (χ2v) is 6.75. The van der Waals surface area contributed by atoms with Crippen LogP contribution in [-0.2, 0) is 7.05 Å². The predicted molar refractivity (Wildman–Crippen MR) is 108 cm³/mol. The molecule has 0 bridgehead atoms. The van der Waals surface area contributed by atoms with Crippen molar-refractivity contribution in [3.05, 3.63) is 30.1 Å². The molecule has 3 aromatic rings. The topological polar surface area (TPSA) is 112 Å². The molecular formula is C19H23N7O3. The fraction of sp³-hybridized carbons (Fsp3) is 0.368. The molecule has 1 saturated heterocycles. The molecule has 1 fully saturated rings. The molecule has 1 aliphatic heterocycles. The van der Waals surface area contributed by atoms with E-state index in [9.17, 15) is 4.79 Å². The molecule has 0 saturated carbocycles. The average molecular weight is 397 g/mol. The highest BCUT2D eigenvalue weighted by Gasteiger charge is 2.25. The maximum absolute atomic E-state index is 12.7. The van der Waals surface area contributed by atoms with Crippen molar-refractivity contribution in [2.45, 2.75) is 0 Å². The van der Waals surface area contributed by atoms with Crippen LogP contribution in [0.2, 0.25) is 0 Å². The first-order chi connectivity index (χ1) is 14.0. The number of methoxy groups -OCH3 is 2. The molecule has 2 N–H and O–H groups in total. The third-order valence-electron chi connectivity index (χ3n) is 5.11. The maximum Gasteiger partial charge on any atom is 0.272 e. The van der Waals surface area contributed by atoms with Crippen LogP contribution >= 0.6 is 0 Å². The lowest BCUT2D eigenvalue weighted by Gasteiger charge is -2.34. The standard InChI is InChI=1S/C19H23N7O3/c1-24-14(4-5-21-24)18(27)25-6-8-26(9-7-25)19-22-13-11-16(29-3)15(28-2)10-12(13)17(20)23-19/h4-5,10-11H,6-9H2,1-3H3,(H2,20,22,23). The Labute approximate surface area is 167 Å². The molecule has 0 radical (unpaired) electrons. The number of nitrogens with two attached hydrogens (primary N) is 1. The minimum atomic E-state index is -0.0274. The monoisotopic (exact) mass is 397 g/mol. The number of fused-ring (bicyclic) bond motifs is 1. The number of rotatable bonds is 4. The number of nitrogens with zero attached hydrogens (tertiary/aromatic N) is 6. The molecule has 4 rings (SSSR count). The van der Waals surface area contributed by atoms with Gasteiger partial charge in [0.15, 0.2) is 11.5 Å². The van der Waals surface area contributed by atoms with Gasteiger partial charge in [0.25, 0.3) is 5.91 Å². The Hall–Kier alpha value is -3.56. The van der Waals surface area contributed by atoms with Crippen molar-refractivity contribution in [3.63, 3.8) is 0 Å². The minimum Gasteiger partial charge on any atom is -0.493 e. The largest absolute Gasteiger partial charge is 0.493 e. The second kappa shape index (κ2) is 7.46. The predicted octanol–water partition coefficient (Wildman–Crippen LogP) is 0.925. The smallest absolute Gasteiger partial charge is 0.272 e. The Balaban J connectivity index is 1.55. The molecule has 0 aliphatic carbocycles. The highest BCUT2D eigenvalue weighted by Crippen LogP contribution is 2.34. The van der Waals surface area contributed by atoms with Crippen molar-refractivity contribution in [3.8, 4) is 11.5 Å². The van der Waals surface area contributed by atoms with Crippen LogP contribution in [0.3, 0.4) is 0 Å². The number of piperazine rings is 1. The van der Waals surface area contributed by atoms with E-state index in [4.69, 9.17) is 15.2 Å². The van der Waals surface area contributed by atoms with Crippen molar-refractivity contribution >= 4 is 28.6 Å². The highest BCUT2D eigenvalue weighted by molar-refractivity contribution is 5.93. The fourth-order valence-electron chi connectivity index (χ4n) is 3.46. The normalized spacial score (nSPS) is 14.3. The van der Waals surface area contributed by atoms with Crippen molar-refractivity contribution in [1.82, 2.24) is 24.6 Å². The van der Waals surface area contributed by atoms with Crippen LogP contribution in [0.5, 0.6) is 11.5 Å². The summed E-state index contributed by atoms with van der Waals surface area (Å²) in [6, 6.07) is 5.29. The van der Waals surface area contributed by atoms with Gasteiger partial charge in [0.2, 0.25) is 5.95 Å². The van der Waals surface area contributed by atoms with Gasteiger partial charge in [0.05, 0.1) is 19.7 Å². The number of ether oxygens (including phenoxy) is 2. The Morgan fingerprint density at radius 1 is 1.07 bits per heavy atom. The van der Waals surface area contributed by atoms with Crippen LogP contribution in [0.4, 0.5) is 11.8 Å². The van der Waals surface area contributed by atoms with Crippen molar-refractivity contribution in [2.75, 3.05) is 51.0 Å². The van der Waals surface area contributed by atoms with Gasteiger partial charge in [-0.25, -0.2) is 4.98 Å². The lowest BCUT2D eigenvalue weighted by molar-refractivity contribution is 0.0735. The van der Waals surface area contributed by atoms with E-state index < -0.39 is 0 Å². The average Bonchev–Trinajstić information content (AvgIpc) is 3.18. The summed E-state index contributed by atoms with van der Waals surface area (Å²) in [6.07, 6.45) is 1.62. The van der Waals surface area contributed by atoms with Crippen molar-refractivity contribution in [2.24, 2.45) is 7.05 Å². The van der Waals surface area contributed by atoms with E-state index in [2.05, 4.69) is 15.1 Å². The van der Waals surface area contributed by atoms with Gasteiger partial charge in [-0.3, -0.25) is 9.48 Å². The van der Waals surface area contributed by atoms with Crippen LogP contribution in [0.15, 0.2) is 24.4 Å². The van der Waals surface area contributed by atoms with Gasteiger partial charge in [-0.05, 0) is 12.1 Å². The number of carbonyl (C=O) groups excluding carboxylic acids is 1. The third-order valence-corrected chi connectivity index (χ3v) is 5.11. The molecular weight excluding hydrogens is 374 g/mol. The number of nitrogen functional groups attached to an aromatic ring is 1. The zero-order chi connectivity index (χ0) is 20.5. The molecule has 1 aromatic carbocycles. The van der Waals surface area contributed by atoms with E-state index in [0.717, 1.165) is 0 Å². The van der Waals surface area contributed by atoms with Gasteiger partial charge in [0.1, 0.15) is 11.5 Å². The summed E-state index contributed by atoms with van der Waals surface area (Å²) in [5.74, 6) is 2.04. The molecule has 0 atom stereocenters. The van der Waals surface area contributed by atoms with Crippen molar-refractivity contribution < 1.29 is 14.3 Å². The lowest BCUT2D eigenvalue weighted by Crippen LogP contribution is -2.49. The Morgan fingerprint density at radius 3 is 2.38 bits per heavy atom. The summed E-state index contributed by atoms with van der Waals surface area (Å²) in [7, 11) is 4.91. The summed E-state index contributed by atoms with van der Waals surface area (Å²) in [6.45, 7) is 2.36. The number of amides is 1. The van der Waals surface area contributed by atoms with Crippen LogP contribution in [0.25, 0.3) is 10.9 Å². The van der Waals surface area contributed by atoms with Crippen LogP contribution in [0, 0.1) is 0 Å².